The molecule has 4 rings (SSSR count). The normalized spacial score (nSPS) is 17.0. The van der Waals surface area contributed by atoms with Gasteiger partial charge in [-0.3, -0.25) is 4.79 Å². The van der Waals surface area contributed by atoms with Gasteiger partial charge in [0.25, 0.3) is 0 Å². The maximum absolute atomic E-state index is 12.4. The van der Waals surface area contributed by atoms with Crippen molar-refractivity contribution in [3.8, 4) is 22.6 Å². The van der Waals surface area contributed by atoms with Crippen molar-refractivity contribution in [1.29, 1.82) is 0 Å². The summed E-state index contributed by atoms with van der Waals surface area (Å²) in [5.74, 6) is 1.07. The van der Waals surface area contributed by atoms with E-state index < -0.39 is 0 Å². The first-order chi connectivity index (χ1) is 11.6. The van der Waals surface area contributed by atoms with E-state index in [-0.39, 0.29) is 17.6 Å². The van der Waals surface area contributed by atoms with Crippen LogP contribution in [0.2, 0.25) is 0 Å². The van der Waals surface area contributed by atoms with E-state index >= 15 is 0 Å². The fourth-order valence-electron chi connectivity index (χ4n) is 3.33. The highest BCUT2D eigenvalue weighted by atomic mass is 16.5. The highest BCUT2D eigenvalue weighted by Crippen LogP contribution is 2.39. The number of ether oxygens (including phenoxy) is 1. The Balaban J connectivity index is 1.73. The minimum atomic E-state index is 0.145. The van der Waals surface area contributed by atoms with Crippen LogP contribution in [0.5, 0.6) is 11.5 Å². The standard InChI is InChI=1S/C20H21NO3/c1-13-4-2-3-5-17(13)15-10-16-12-21(20(23)14-6-7-14)8-9-24-19(16)18(22)11-15/h2-5,10-11,14,22H,6-9,12H2,1H3. The SMILES string of the molecule is Cc1ccccc1-c1cc(O)c2c(c1)CN(C(=O)C1CC1)CCO2. The summed E-state index contributed by atoms with van der Waals surface area (Å²) in [6.45, 7) is 3.54. The number of carbonyl (C=O) groups is 1. The van der Waals surface area contributed by atoms with Gasteiger partial charge in [-0.05, 0) is 48.6 Å². The van der Waals surface area contributed by atoms with Crippen LogP contribution >= 0.6 is 0 Å². The predicted octanol–water partition coefficient (Wildman–Crippen LogP) is 3.50. The Bertz CT molecular complexity index is 795. The quantitative estimate of drug-likeness (QED) is 0.920. The number of rotatable bonds is 2. The summed E-state index contributed by atoms with van der Waals surface area (Å²) in [6, 6.07) is 11.9. The first kappa shape index (κ1) is 15.1. The number of phenols is 1. The van der Waals surface area contributed by atoms with Crippen LogP contribution in [-0.4, -0.2) is 29.1 Å². The average Bonchev–Trinajstić information content (AvgIpc) is 3.41. The zero-order valence-corrected chi connectivity index (χ0v) is 13.8. The van der Waals surface area contributed by atoms with Crippen molar-refractivity contribution >= 4 is 5.91 Å². The van der Waals surface area contributed by atoms with Crippen molar-refractivity contribution < 1.29 is 14.6 Å². The van der Waals surface area contributed by atoms with Crippen LogP contribution in [0.3, 0.4) is 0 Å². The summed E-state index contributed by atoms with van der Waals surface area (Å²) in [7, 11) is 0. The molecule has 1 fully saturated rings. The second kappa shape index (κ2) is 5.86. The molecule has 0 bridgehead atoms. The zero-order chi connectivity index (χ0) is 16.7. The maximum Gasteiger partial charge on any atom is 0.226 e. The van der Waals surface area contributed by atoms with Crippen LogP contribution in [0, 0.1) is 12.8 Å². The number of nitrogens with zero attached hydrogens (tertiary/aromatic N) is 1. The van der Waals surface area contributed by atoms with E-state index in [0.29, 0.717) is 25.4 Å². The van der Waals surface area contributed by atoms with Gasteiger partial charge in [0.1, 0.15) is 6.61 Å². The van der Waals surface area contributed by atoms with Gasteiger partial charge in [-0.15, -0.1) is 0 Å². The molecule has 4 heteroatoms. The monoisotopic (exact) mass is 323 g/mol. The second-order valence-corrected chi connectivity index (χ2v) is 6.68. The van der Waals surface area contributed by atoms with Crippen molar-refractivity contribution in [3.63, 3.8) is 0 Å². The third kappa shape index (κ3) is 2.73. The summed E-state index contributed by atoms with van der Waals surface area (Å²) in [5.41, 5.74) is 4.06. The lowest BCUT2D eigenvalue weighted by Crippen LogP contribution is -2.33. The molecule has 2 aromatic rings. The van der Waals surface area contributed by atoms with Gasteiger partial charge in [0.2, 0.25) is 5.91 Å². The number of hydrogen-bond donors (Lipinski definition) is 1. The molecule has 1 aliphatic heterocycles. The molecule has 0 aromatic heterocycles. The number of aromatic hydroxyl groups is 1. The predicted molar refractivity (Wildman–Crippen MR) is 91.9 cm³/mol. The molecule has 1 heterocycles. The van der Waals surface area contributed by atoms with Gasteiger partial charge in [0.15, 0.2) is 11.5 Å². The molecule has 1 N–H and O–H groups in total. The number of aryl methyl sites for hydroxylation is 1. The summed E-state index contributed by atoms with van der Waals surface area (Å²) in [4.78, 5) is 14.3. The highest BCUT2D eigenvalue weighted by molar-refractivity contribution is 5.81. The van der Waals surface area contributed by atoms with Gasteiger partial charge in [0.05, 0.1) is 6.54 Å². The molecule has 1 aliphatic carbocycles. The van der Waals surface area contributed by atoms with E-state index in [1.54, 1.807) is 6.07 Å². The van der Waals surface area contributed by atoms with Gasteiger partial charge in [-0.1, -0.05) is 24.3 Å². The van der Waals surface area contributed by atoms with E-state index in [4.69, 9.17) is 4.74 Å². The van der Waals surface area contributed by atoms with Gasteiger partial charge in [-0.2, -0.15) is 0 Å². The molecule has 2 aliphatic rings. The Kier molecular flexibility index (Phi) is 3.68. The van der Waals surface area contributed by atoms with Crippen LogP contribution in [0.4, 0.5) is 0 Å². The minimum Gasteiger partial charge on any atom is -0.504 e. The molecule has 0 atom stereocenters. The minimum absolute atomic E-state index is 0.145. The van der Waals surface area contributed by atoms with E-state index in [1.165, 1.54) is 0 Å². The third-order valence-corrected chi connectivity index (χ3v) is 4.81. The molecule has 24 heavy (non-hydrogen) atoms. The molecule has 0 spiro atoms. The number of fused-ring (bicyclic) bond motifs is 1. The molecular weight excluding hydrogens is 302 g/mol. The number of amides is 1. The molecular formula is C20H21NO3. The van der Waals surface area contributed by atoms with Crippen molar-refractivity contribution in [2.45, 2.75) is 26.3 Å². The van der Waals surface area contributed by atoms with E-state index in [1.807, 2.05) is 29.2 Å². The van der Waals surface area contributed by atoms with Crippen molar-refractivity contribution in [1.82, 2.24) is 4.90 Å². The average molecular weight is 323 g/mol. The lowest BCUT2D eigenvalue weighted by Gasteiger charge is -2.20. The molecule has 1 amide bonds. The van der Waals surface area contributed by atoms with Gasteiger partial charge < -0.3 is 14.7 Å². The summed E-state index contributed by atoms with van der Waals surface area (Å²) < 4.78 is 5.74. The number of benzene rings is 2. The summed E-state index contributed by atoms with van der Waals surface area (Å²) >= 11 is 0. The summed E-state index contributed by atoms with van der Waals surface area (Å²) in [6.07, 6.45) is 2.00. The van der Waals surface area contributed by atoms with Crippen molar-refractivity contribution in [3.05, 3.63) is 47.5 Å². The maximum atomic E-state index is 12.4. The van der Waals surface area contributed by atoms with E-state index in [9.17, 15) is 9.90 Å². The fraction of sp³-hybridized carbons (Fsp3) is 0.350. The molecule has 0 unspecified atom stereocenters. The Morgan fingerprint density at radius 3 is 2.79 bits per heavy atom. The summed E-state index contributed by atoms with van der Waals surface area (Å²) in [5, 5.41) is 10.4. The van der Waals surface area contributed by atoms with Crippen molar-refractivity contribution in [2.24, 2.45) is 5.92 Å². The highest BCUT2D eigenvalue weighted by Gasteiger charge is 2.34. The Morgan fingerprint density at radius 2 is 2.04 bits per heavy atom. The van der Waals surface area contributed by atoms with E-state index in [2.05, 4.69) is 13.0 Å². The molecule has 0 radical (unpaired) electrons. The molecule has 2 aromatic carbocycles. The van der Waals surface area contributed by atoms with Gasteiger partial charge in [-0.25, -0.2) is 0 Å². The van der Waals surface area contributed by atoms with Crippen LogP contribution < -0.4 is 4.74 Å². The number of hydrogen-bond acceptors (Lipinski definition) is 3. The smallest absolute Gasteiger partial charge is 0.226 e. The number of carbonyl (C=O) groups excluding carboxylic acids is 1. The molecule has 4 nitrogen and oxygen atoms in total. The van der Waals surface area contributed by atoms with E-state index in [0.717, 1.165) is 35.1 Å². The largest absolute Gasteiger partial charge is 0.504 e. The Hall–Kier alpha value is -2.49. The fourth-order valence-corrected chi connectivity index (χ4v) is 3.33. The second-order valence-electron chi connectivity index (χ2n) is 6.68. The van der Waals surface area contributed by atoms with Gasteiger partial charge in [0, 0.05) is 18.0 Å². The number of phenolic OH excluding ortho intramolecular Hbond substituents is 1. The topological polar surface area (TPSA) is 49.8 Å². The van der Waals surface area contributed by atoms with Crippen LogP contribution in [0.25, 0.3) is 11.1 Å². The Morgan fingerprint density at radius 1 is 1.25 bits per heavy atom. The first-order valence-corrected chi connectivity index (χ1v) is 8.47. The van der Waals surface area contributed by atoms with Crippen LogP contribution in [0.1, 0.15) is 24.0 Å². The molecule has 0 saturated heterocycles. The Labute approximate surface area is 141 Å². The lowest BCUT2D eigenvalue weighted by molar-refractivity contribution is -0.133. The third-order valence-electron chi connectivity index (χ3n) is 4.81. The first-order valence-electron chi connectivity index (χ1n) is 8.47. The lowest BCUT2D eigenvalue weighted by atomic mass is 9.98. The van der Waals surface area contributed by atoms with Crippen LogP contribution in [-0.2, 0) is 11.3 Å². The molecule has 124 valence electrons. The zero-order valence-electron chi connectivity index (χ0n) is 13.8. The van der Waals surface area contributed by atoms with Crippen molar-refractivity contribution in [2.75, 3.05) is 13.2 Å². The molecule has 1 saturated carbocycles. The van der Waals surface area contributed by atoms with Crippen LogP contribution in [0.15, 0.2) is 36.4 Å². The van der Waals surface area contributed by atoms with Gasteiger partial charge >= 0.3 is 0 Å².